The van der Waals surface area contributed by atoms with E-state index in [0.717, 1.165) is 53.6 Å². The van der Waals surface area contributed by atoms with Crippen LogP contribution in [0, 0.1) is 0 Å². The van der Waals surface area contributed by atoms with Gasteiger partial charge in [0.25, 0.3) is 11.5 Å². The van der Waals surface area contributed by atoms with E-state index in [1.807, 2.05) is 95.8 Å². The summed E-state index contributed by atoms with van der Waals surface area (Å²) in [6.45, 7) is 7.62. The number of carbonyl (C=O) groups excluding carboxylic acids is 1. The highest BCUT2D eigenvalue weighted by atomic mass is 32.1. The lowest BCUT2D eigenvalue weighted by molar-refractivity contribution is -0.139. The van der Waals surface area contributed by atoms with Crippen LogP contribution in [0.25, 0.3) is 23.0 Å². The van der Waals surface area contributed by atoms with Crippen molar-refractivity contribution in [2.45, 2.75) is 46.6 Å². The van der Waals surface area contributed by atoms with E-state index < -0.39 is 18.0 Å². The average molecular weight is 709 g/mol. The van der Waals surface area contributed by atoms with Crippen molar-refractivity contribution in [3.05, 3.63) is 127 Å². The van der Waals surface area contributed by atoms with Gasteiger partial charge in [-0.1, -0.05) is 55.0 Å². The molecule has 1 atom stereocenters. The van der Waals surface area contributed by atoms with E-state index in [9.17, 15) is 9.59 Å². The Balaban J connectivity index is 0.00000120. The summed E-state index contributed by atoms with van der Waals surface area (Å²) in [5.74, 6) is 0.131. The van der Waals surface area contributed by atoms with Gasteiger partial charge in [-0.3, -0.25) is 14.2 Å². The smallest absolute Gasteiger partial charge is 0.338 e. The molecule has 0 saturated carbocycles. The molecule has 0 bridgehead atoms. The monoisotopic (exact) mass is 708 g/mol. The molecule has 1 N–H and O–H groups in total. The van der Waals surface area contributed by atoms with Crippen molar-refractivity contribution in [2.75, 3.05) is 20.3 Å². The molecule has 0 amide bonds. The van der Waals surface area contributed by atoms with Gasteiger partial charge < -0.3 is 19.3 Å². The van der Waals surface area contributed by atoms with Crippen LogP contribution in [-0.2, 0) is 14.3 Å². The minimum atomic E-state index is -0.833. The maximum absolute atomic E-state index is 14.3. The van der Waals surface area contributed by atoms with Crippen molar-refractivity contribution >= 4 is 29.4 Å². The third kappa shape index (κ3) is 8.53. The number of benzene rings is 3. The molecule has 2 aromatic heterocycles. The van der Waals surface area contributed by atoms with E-state index in [1.54, 1.807) is 25.5 Å². The van der Waals surface area contributed by atoms with Gasteiger partial charge in [0.2, 0.25) is 0 Å². The number of nitrogens with zero attached hydrogens (tertiary/aromatic N) is 4. The van der Waals surface area contributed by atoms with E-state index in [-0.39, 0.29) is 12.2 Å². The van der Waals surface area contributed by atoms with E-state index in [1.165, 1.54) is 11.3 Å². The number of carboxylic acids is 1. The van der Waals surface area contributed by atoms with Crippen LogP contribution in [0.3, 0.4) is 0 Å². The molecule has 11 nitrogen and oxygen atoms in total. The lowest BCUT2D eigenvalue weighted by Crippen LogP contribution is -2.39. The second-order valence-electron chi connectivity index (χ2n) is 11.5. The summed E-state index contributed by atoms with van der Waals surface area (Å²) >= 11 is 1.28. The Morgan fingerprint density at radius 2 is 1.65 bits per heavy atom. The highest BCUT2D eigenvalue weighted by Crippen LogP contribution is 2.32. The first kappa shape index (κ1) is 36.5. The number of thiazole rings is 1. The van der Waals surface area contributed by atoms with Gasteiger partial charge in [-0.25, -0.2) is 14.5 Å². The Labute approximate surface area is 299 Å². The number of fused-ring (bicyclic) bond motifs is 1. The second-order valence-corrected chi connectivity index (χ2v) is 12.5. The summed E-state index contributed by atoms with van der Waals surface area (Å²) in [6, 6.07) is 24.3. The number of rotatable bonds is 11. The highest BCUT2D eigenvalue weighted by molar-refractivity contribution is 7.07. The number of ether oxygens (including phenoxy) is 3. The first-order valence-corrected chi connectivity index (χ1v) is 17.4. The van der Waals surface area contributed by atoms with E-state index >= 15 is 0 Å². The van der Waals surface area contributed by atoms with Crippen LogP contribution in [0.15, 0.2) is 106 Å². The number of hydrogen-bond acceptors (Lipinski definition) is 9. The molecule has 1 aliphatic rings. The molecular formula is C39H40N4O7S. The summed E-state index contributed by atoms with van der Waals surface area (Å²) in [6.07, 6.45) is 5.83. The predicted molar refractivity (Wildman–Crippen MR) is 196 cm³/mol. The van der Waals surface area contributed by atoms with E-state index in [0.29, 0.717) is 33.0 Å². The Hall–Kier alpha value is -5.75. The average Bonchev–Trinajstić information content (AvgIpc) is 3.68. The summed E-state index contributed by atoms with van der Waals surface area (Å²) in [5, 5.41) is 12.4. The Kier molecular flexibility index (Phi) is 12.0. The molecule has 5 aromatic rings. The summed E-state index contributed by atoms with van der Waals surface area (Å²) in [4.78, 5) is 41.8. The normalized spacial score (nSPS) is 13.8. The lowest BCUT2D eigenvalue weighted by atomic mass is 9.96. The molecule has 1 unspecified atom stereocenters. The topological polar surface area (TPSA) is 134 Å². The number of unbranched alkanes of at least 4 members (excludes halogenated alkanes) is 1. The molecule has 3 aromatic carbocycles. The fourth-order valence-corrected chi connectivity index (χ4v) is 6.55. The Morgan fingerprint density at radius 3 is 2.27 bits per heavy atom. The summed E-state index contributed by atoms with van der Waals surface area (Å²) in [5.41, 5.74) is 4.58. The molecule has 0 aliphatic carbocycles. The van der Waals surface area contributed by atoms with Crippen molar-refractivity contribution < 1.29 is 28.9 Å². The van der Waals surface area contributed by atoms with Crippen molar-refractivity contribution in [1.29, 1.82) is 0 Å². The molecule has 1 aliphatic heterocycles. The zero-order chi connectivity index (χ0) is 36.5. The minimum Gasteiger partial charge on any atom is -0.497 e. The van der Waals surface area contributed by atoms with Gasteiger partial charge in [-0.2, -0.15) is 5.10 Å². The molecule has 0 fully saturated rings. The van der Waals surface area contributed by atoms with Gasteiger partial charge in [0.1, 0.15) is 17.2 Å². The van der Waals surface area contributed by atoms with Crippen molar-refractivity contribution in [1.82, 2.24) is 14.3 Å². The summed E-state index contributed by atoms with van der Waals surface area (Å²) in [7, 11) is 1.59. The molecule has 51 heavy (non-hydrogen) atoms. The van der Waals surface area contributed by atoms with Gasteiger partial charge in [0, 0.05) is 24.2 Å². The molecule has 12 heteroatoms. The zero-order valence-electron chi connectivity index (χ0n) is 29.2. The molecular weight excluding hydrogens is 669 g/mol. The van der Waals surface area contributed by atoms with Crippen molar-refractivity contribution in [3.63, 3.8) is 0 Å². The standard InChI is InChI=1S/C37H36N4O5S.C2H4O2/c1-5-7-21-46-30-19-13-25(14-20-30)33-27(23-40(39-33)28-11-9-8-10-12-28)22-31-35(42)41-34(26-15-17-29(44-4)18-16-26)32(36(43)45-6-2)24(3)38-37(41)47-31;1-2(3)4/h8-20,22-23,34H,5-7,21H2,1-4H3;1H3,(H,3,4)/b31-22-;. The van der Waals surface area contributed by atoms with Crippen LogP contribution >= 0.6 is 11.3 Å². The highest BCUT2D eigenvalue weighted by Gasteiger charge is 2.33. The number of methoxy groups -OCH3 is 1. The number of esters is 1. The number of carboxylic acid groups (broad SMARTS) is 1. The number of aliphatic carboxylic acids is 1. The second kappa shape index (κ2) is 16.8. The van der Waals surface area contributed by atoms with Crippen LogP contribution in [0.5, 0.6) is 11.5 Å². The van der Waals surface area contributed by atoms with Gasteiger partial charge in [-0.15, -0.1) is 0 Å². The van der Waals surface area contributed by atoms with Gasteiger partial charge in [-0.05, 0) is 80.4 Å². The number of aromatic nitrogens is 3. The third-order valence-electron chi connectivity index (χ3n) is 7.89. The third-order valence-corrected chi connectivity index (χ3v) is 8.88. The van der Waals surface area contributed by atoms with Gasteiger partial charge >= 0.3 is 5.97 Å². The molecule has 6 rings (SSSR count). The van der Waals surface area contributed by atoms with Crippen molar-refractivity contribution in [3.8, 4) is 28.4 Å². The van der Waals surface area contributed by atoms with Crippen LogP contribution in [0.1, 0.15) is 57.7 Å². The number of carbonyl (C=O) groups is 2. The number of para-hydroxylation sites is 1. The molecule has 0 saturated heterocycles. The Bertz CT molecular complexity index is 2200. The predicted octanol–water partition coefficient (Wildman–Crippen LogP) is 5.93. The van der Waals surface area contributed by atoms with Crippen LogP contribution in [0.4, 0.5) is 0 Å². The number of hydrogen-bond donors (Lipinski definition) is 1. The van der Waals surface area contributed by atoms with Crippen LogP contribution in [0.2, 0.25) is 0 Å². The first-order chi connectivity index (χ1) is 24.6. The van der Waals surface area contributed by atoms with E-state index in [4.69, 9.17) is 34.2 Å². The summed E-state index contributed by atoms with van der Waals surface area (Å²) < 4.78 is 20.5. The van der Waals surface area contributed by atoms with Crippen LogP contribution in [-0.4, -0.2) is 51.7 Å². The first-order valence-electron chi connectivity index (χ1n) is 16.6. The van der Waals surface area contributed by atoms with E-state index in [2.05, 4.69) is 6.92 Å². The largest absolute Gasteiger partial charge is 0.497 e. The molecule has 0 radical (unpaired) electrons. The van der Waals surface area contributed by atoms with Gasteiger partial charge in [0.05, 0.1) is 47.9 Å². The lowest BCUT2D eigenvalue weighted by Gasteiger charge is -2.24. The van der Waals surface area contributed by atoms with Crippen LogP contribution < -0.4 is 24.4 Å². The molecule has 264 valence electrons. The Morgan fingerprint density at radius 1 is 0.980 bits per heavy atom. The quantitative estimate of drug-likeness (QED) is 0.132. The fourth-order valence-electron chi connectivity index (χ4n) is 5.51. The fraction of sp³-hybridized carbons (Fsp3) is 0.256. The minimum absolute atomic E-state index is 0.204. The van der Waals surface area contributed by atoms with Crippen molar-refractivity contribution in [2.24, 2.45) is 4.99 Å². The zero-order valence-corrected chi connectivity index (χ0v) is 30.0. The molecule has 0 spiro atoms. The molecule has 3 heterocycles. The maximum Gasteiger partial charge on any atom is 0.338 e. The SMILES string of the molecule is CC(=O)O.CCCCOc1ccc(-c2nn(-c3ccccc3)cc2/C=c2\sc3n(c2=O)C(c2ccc(OC)cc2)C(C(=O)OCC)=C(C)N=3)cc1. The van der Waals surface area contributed by atoms with Gasteiger partial charge in [0.15, 0.2) is 4.80 Å². The number of allylic oxidation sites excluding steroid dienone is 1. The maximum atomic E-state index is 14.3.